The molecule has 0 amide bonds. The van der Waals surface area contributed by atoms with Crippen molar-refractivity contribution in [2.75, 3.05) is 27.4 Å². The van der Waals surface area contributed by atoms with Crippen LogP contribution in [0.4, 0.5) is 0 Å². The van der Waals surface area contributed by atoms with Gasteiger partial charge in [0.2, 0.25) is 0 Å². The van der Waals surface area contributed by atoms with E-state index in [2.05, 4.69) is 131 Å². The zero-order chi connectivity index (χ0) is 38.9. The molecule has 0 saturated heterocycles. The maximum Gasteiger partial charge on any atom is 0.178 e. The SMILES string of the molecule is COc1ccc(C2(c3ccc(OCCO)cc3)C=Cc3c4c(c5cc(-c6ccccc6)c(OC)cc5c3O2)-c2ccccc2C42CC(C)(C)CC(C)(C)C2)cc1. The monoisotopic (exact) mass is 742 g/mol. The van der Waals surface area contributed by atoms with Gasteiger partial charge in [0.1, 0.15) is 29.6 Å². The lowest BCUT2D eigenvalue weighted by Crippen LogP contribution is -2.44. The van der Waals surface area contributed by atoms with E-state index in [-0.39, 0.29) is 29.5 Å². The summed E-state index contributed by atoms with van der Waals surface area (Å²) in [6.07, 6.45) is 7.84. The lowest BCUT2D eigenvalue weighted by Gasteiger charge is -2.52. The molecule has 5 heteroatoms. The van der Waals surface area contributed by atoms with Gasteiger partial charge in [-0.3, -0.25) is 0 Å². The Morgan fingerprint density at radius 1 is 0.661 bits per heavy atom. The van der Waals surface area contributed by atoms with Crippen LogP contribution in [0.15, 0.2) is 121 Å². The van der Waals surface area contributed by atoms with Crippen LogP contribution in [0.5, 0.6) is 23.0 Å². The summed E-state index contributed by atoms with van der Waals surface area (Å²) >= 11 is 0. The molecular formula is C51H50O5. The van der Waals surface area contributed by atoms with Gasteiger partial charge in [0, 0.05) is 33.1 Å². The molecule has 1 N–H and O–H groups in total. The molecule has 56 heavy (non-hydrogen) atoms. The molecule has 3 aliphatic rings. The molecular weight excluding hydrogens is 693 g/mol. The van der Waals surface area contributed by atoms with Gasteiger partial charge < -0.3 is 24.1 Å². The first-order chi connectivity index (χ1) is 27.0. The summed E-state index contributed by atoms with van der Waals surface area (Å²) in [5.74, 6) is 3.12. The third-order valence-corrected chi connectivity index (χ3v) is 12.3. The highest BCUT2D eigenvalue weighted by Gasteiger charge is 2.55. The Bertz CT molecular complexity index is 2460. The first-order valence-corrected chi connectivity index (χ1v) is 19.8. The molecule has 1 saturated carbocycles. The second-order valence-electron chi connectivity index (χ2n) is 17.4. The van der Waals surface area contributed by atoms with Crippen molar-refractivity contribution in [3.8, 4) is 45.3 Å². The highest BCUT2D eigenvalue weighted by Crippen LogP contribution is 2.67. The topological polar surface area (TPSA) is 57.2 Å². The summed E-state index contributed by atoms with van der Waals surface area (Å²) in [6, 6.07) is 40.5. The second kappa shape index (κ2) is 13.3. The van der Waals surface area contributed by atoms with E-state index in [9.17, 15) is 5.11 Å². The summed E-state index contributed by atoms with van der Waals surface area (Å²) in [6.45, 7) is 10.0. The maximum absolute atomic E-state index is 9.42. The van der Waals surface area contributed by atoms with Crippen LogP contribution in [0.25, 0.3) is 39.1 Å². The summed E-state index contributed by atoms with van der Waals surface area (Å²) in [5.41, 5.74) is 9.66. The highest BCUT2D eigenvalue weighted by molar-refractivity contribution is 6.10. The summed E-state index contributed by atoms with van der Waals surface area (Å²) in [7, 11) is 3.45. The van der Waals surface area contributed by atoms with Crippen LogP contribution in [0, 0.1) is 10.8 Å². The minimum absolute atomic E-state index is 0.0489. The smallest absolute Gasteiger partial charge is 0.178 e. The maximum atomic E-state index is 9.42. The fourth-order valence-electron chi connectivity index (χ4n) is 11.0. The lowest BCUT2D eigenvalue weighted by molar-refractivity contribution is 0.0642. The number of rotatable bonds is 8. The summed E-state index contributed by atoms with van der Waals surface area (Å²) < 4.78 is 25.4. The van der Waals surface area contributed by atoms with Crippen molar-refractivity contribution in [2.45, 2.75) is 58.0 Å². The predicted octanol–water partition coefficient (Wildman–Crippen LogP) is 11.7. The molecule has 1 unspecified atom stereocenters. The number of fused-ring (bicyclic) bond motifs is 10. The predicted molar refractivity (Wildman–Crippen MR) is 226 cm³/mol. The molecule has 284 valence electrons. The molecule has 1 aliphatic heterocycles. The molecule has 0 bridgehead atoms. The van der Waals surface area contributed by atoms with Gasteiger partial charge in [-0.25, -0.2) is 0 Å². The van der Waals surface area contributed by atoms with E-state index in [0.29, 0.717) is 5.75 Å². The van der Waals surface area contributed by atoms with Gasteiger partial charge in [0.05, 0.1) is 20.8 Å². The molecule has 2 aliphatic carbocycles. The van der Waals surface area contributed by atoms with Crippen molar-refractivity contribution >= 4 is 16.8 Å². The zero-order valence-corrected chi connectivity index (χ0v) is 33.2. The number of aliphatic hydroxyl groups excluding tert-OH is 1. The van der Waals surface area contributed by atoms with Gasteiger partial charge in [-0.05, 0) is 106 Å². The van der Waals surface area contributed by atoms with E-state index in [1.54, 1.807) is 14.2 Å². The minimum Gasteiger partial charge on any atom is -0.497 e. The average Bonchev–Trinajstić information content (AvgIpc) is 3.47. The number of benzene rings is 6. The molecule has 1 atom stereocenters. The summed E-state index contributed by atoms with van der Waals surface area (Å²) in [5, 5.41) is 11.6. The van der Waals surface area contributed by atoms with E-state index in [4.69, 9.17) is 18.9 Å². The van der Waals surface area contributed by atoms with Crippen LogP contribution < -0.4 is 18.9 Å². The Morgan fingerprint density at radius 2 is 1.30 bits per heavy atom. The van der Waals surface area contributed by atoms with Gasteiger partial charge in [-0.2, -0.15) is 0 Å². The second-order valence-corrected chi connectivity index (χ2v) is 17.4. The number of hydrogen-bond donors (Lipinski definition) is 1. The van der Waals surface area contributed by atoms with Crippen molar-refractivity contribution in [3.05, 3.63) is 149 Å². The summed E-state index contributed by atoms with van der Waals surface area (Å²) in [4.78, 5) is 0. The molecule has 6 aromatic rings. The van der Waals surface area contributed by atoms with Gasteiger partial charge in [0.25, 0.3) is 0 Å². The number of methoxy groups -OCH3 is 2. The van der Waals surface area contributed by atoms with Crippen molar-refractivity contribution in [3.63, 3.8) is 0 Å². The third-order valence-electron chi connectivity index (χ3n) is 12.3. The number of aliphatic hydroxyl groups is 1. The fraction of sp³-hybridized carbons (Fsp3) is 0.294. The molecule has 0 radical (unpaired) electrons. The third kappa shape index (κ3) is 5.70. The van der Waals surface area contributed by atoms with E-state index < -0.39 is 5.60 Å². The standard InChI is InChI=1S/C51H50O5/c1-48(2)30-49(3,4)32-50(31-48)43-15-11-10-14-38(43)45-41-28-40(33-12-8-7-9-13-33)44(54-6)29-42(41)47-39(46(45)50)24-25-51(56-47,34-16-20-36(53-5)21-17-34)35-18-22-37(23-19-35)55-27-26-52/h7-25,28-29,52H,26-27,30-32H2,1-6H3. The lowest BCUT2D eigenvalue weighted by atomic mass is 9.52. The molecule has 1 heterocycles. The van der Waals surface area contributed by atoms with Crippen molar-refractivity contribution in [1.29, 1.82) is 0 Å². The highest BCUT2D eigenvalue weighted by atomic mass is 16.5. The molecule has 0 aromatic heterocycles. The van der Waals surface area contributed by atoms with Crippen LogP contribution in [0.3, 0.4) is 0 Å². The van der Waals surface area contributed by atoms with E-state index in [1.165, 1.54) is 22.3 Å². The molecule has 5 nitrogen and oxygen atoms in total. The van der Waals surface area contributed by atoms with E-state index >= 15 is 0 Å². The normalized spacial score (nSPS) is 19.5. The van der Waals surface area contributed by atoms with Crippen LogP contribution in [0.2, 0.25) is 0 Å². The minimum atomic E-state index is -0.981. The zero-order valence-electron chi connectivity index (χ0n) is 33.2. The molecule has 1 spiro atoms. The van der Waals surface area contributed by atoms with Gasteiger partial charge in [-0.1, -0.05) is 113 Å². The molecule has 1 fully saturated rings. The first-order valence-electron chi connectivity index (χ1n) is 19.8. The van der Waals surface area contributed by atoms with E-state index in [0.717, 1.165) is 75.1 Å². The Kier molecular flexibility index (Phi) is 8.59. The Labute approximate surface area is 330 Å². The van der Waals surface area contributed by atoms with Crippen molar-refractivity contribution in [2.24, 2.45) is 10.8 Å². The van der Waals surface area contributed by atoms with Crippen LogP contribution in [-0.4, -0.2) is 32.5 Å². The van der Waals surface area contributed by atoms with E-state index in [1.807, 2.05) is 24.3 Å². The van der Waals surface area contributed by atoms with Crippen LogP contribution in [-0.2, 0) is 11.0 Å². The van der Waals surface area contributed by atoms with Crippen LogP contribution in [0.1, 0.15) is 74.8 Å². The van der Waals surface area contributed by atoms with Crippen LogP contribution >= 0.6 is 0 Å². The molecule has 9 rings (SSSR count). The first kappa shape index (κ1) is 36.1. The Hall–Kier alpha value is -5.52. The van der Waals surface area contributed by atoms with Gasteiger partial charge >= 0.3 is 0 Å². The van der Waals surface area contributed by atoms with Crippen molar-refractivity contribution in [1.82, 2.24) is 0 Å². The number of ether oxygens (including phenoxy) is 4. The number of hydrogen-bond acceptors (Lipinski definition) is 5. The largest absolute Gasteiger partial charge is 0.497 e. The molecule has 6 aromatic carbocycles. The average molecular weight is 743 g/mol. The van der Waals surface area contributed by atoms with Gasteiger partial charge in [-0.15, -0.1) is 0 Å². The fourth-order valence-corrected chi connectivity index (χ4v) is 11.0. The van der Waals surface area contributed by atoms with Gasteiger partial charge in [0.15, 0.2) is 5.60 Å². The Morgan fingerprint density at radius 3 is 1.95 bits per heavy atom. The quantitative estimate of drug-likeness (QED) is 0.168. The Balaban J connectivity index is 1.38. The van der Waals surface area contributed by atoms with Crippen molar-refractivity contribution < 1.29 is 24.1 Å².